The SMILES string of the molecule is COC(=O)c1cccc(N[C@H]2CC[C@@H](C(=O)Nc3ccc(C)c(OC)c3)CC2)c1[N+](=O)[O-]. The van der Waals surface area contributed by atoms with Gasteiger partial charge in [0.15, 0.2) is 0 Å². The van der Waals surface area contributed by atoms with Crippen LogP contribution in [0.1, 0.15) is 41.6 Å². The second-order valence-corrected chi connectivity index (χ2v) is 7.82. The molecule has 2 aromatic carbocycles. The minimum absolute atomic E-state index is 0.0369. The number of carbonyl (C=O) groups is 2. The number of esters is 1. The van der Waals surface area contributed by atoms with Crippen molar-refractivity contribution in [1.82, 2.24) is 0 Å². The molecule has 0 heterocycles. The van der Waals surface area contributed by atoms with E-state index < -0.39 is 10.9 Å². The molecule has 1 amide bonds. The Kier molecular flexibility index (Phi) is 7.29. The molecule has 1 aliphatic carbocycles. The molecule has 0 aliphatic heterocycles. The first-order valence-electron chi connectivity index (χ1n) is 10.4. The zero-order chi connectivity index (χ0) is 23.3. The Labute approximate surface area is 186 Å². The van der Waals surface area contributed by atoms with Crippen LogP contribution < -0.4 is 15.4 Å². The van der Waals surface area contributed by atoms with Gasteiger partial charge in [0.05, 0.1) is 19.1 Å². The van der Waals surface area contributed by atoms with Gasteiger partial charge in [-0.05, 0) is 56.4 Å². The van der Waals surface area contributed by atoms with Crippen LogP contribution in [0.25, 0.3) is 0 Å². The lowest BCUT2D eigenvalue weighted by atomic mass is 9.85. The molecule has 3 rings (SSSR count). The number of nitrogens with zero attached hydrogens (tertiary/aromatic N) is 1. The van der Waals surface area contributed by atoms with Crippen LogP contribution in [0.2, 0.25) is 0 Å². The molecule has 1 aliphatic rings. The number of rotatable bonds is 7. The van der Waals surface area contributed by atoms with E-state index in [2.05, 4.69) is 15.4 Å². The molecular weight excluding hydrogens is 414 g/mol. The summed E-state index contributed by atoms with van der Waals surface area (Å²) >= 11 is 0. The van der Waals surface area contributed by atoms with Gasteiger partial charge in [-0.15, -0.1) is 0 Å². The molecule has 170 valence electrons. The van der Waals surface area contributed by atoms with E-state index in [0.29, 0.717) is 37.1 Å². The molecule has 2 N–H and O–H groups in total. The number of amides is 1. The highest BCUT2D eigenvalue weighted by Gasteiger charge is 2.30. The summed E-state index contributed by atoms with van der Waals surface area (Å²) in [4.78, 5) is 35.6. The van der Waals surface area contributed by atoms with Gasteiger partial charge in [-0.1, -0.05) is 12.1 Å². The standard InChI is InChI=1S/C23H27N3O6/c1-14-7-10-17(13-20(14)31-2)25-22(27)15-8-11-16(12-9-15)24-19-6-4-5-18(23(28)32-3)21(19)26(29)30/h4-7,10,13,15-16,24H,8-9,11-12H2,1-3H3,(H,25,27)/t15-,16+. The number of hydrogen-bond donors (Lipinski definition) is 2. The van der Waals surface area contributed by atoms with E-state index in [4.69, 9.17) is 4.74 Å². The van der Waals surface area contributed by atoms with Crippen molar-refractivity contribution in [2.45, 2.75) is 38.6 Å². The van der Waals surface area contributed by atoms with Crippen LogP contribution >= 0.6 is 0 Å². The number of methoxy groups -OCH3 is 2. The van der Waals surface area contributed by atoms with E-state index in [-0.39, 0.29) is 34.8 Å². The number of nitrogens with one attached hydrogen (secondary N) is 2. The quantitative estimate of drug-likeness (QED) is 0.373. The number of nitro groups is 1. The van der Waals surface area contributed by atoms with Crippen molar-refractivity contribution in [3.8, 4) is 5.75 Å². The lowest BCUT2D eigenvalue weighted by Crippen LogP contribution is -2.32. The number of aryl methyl sites for hydroxylation is 1. The fraction of sp³-hybridized carbons (Fsp3) is 0.391. The fourth-order valence-electron chi connectivity index (χ4n) is 3.99. The minimum atomic E-state index is -0.756. The maximum atomic E-state index is 12.7. The first-order chi connectivity index (χ1) is 15.3. The molecule has 2 aromatic rings. The molecule has 0 unspecified atom stereocenters. The number of hydrogen-bond acceptors (Lipinski definition) is 7. The molecule has 0 aromatic heterocycles. The van der Waals surface area contributed by atoms with Crippen molar-refractivity contribution in [3.63, 3.8) is 0 Å². The van der Waals surface area contributed by atoms with Gasteiger partial charge in [0.2, 0.25) is 5.91 Å². The Morgan fingerprint density at radius 3 is 2.44 bits per heavy atom. The van der Waals surface area contributed by atoms with Gasteiger partial charge in [-0.2, -0.15) is 0 Å². The summed E-state index contributed by atoms with van der Waals surface area (Å²) in [5.74, 6) is -0.232. The predicted molar refractivity (Wildman–Crippen MR) is 120 cm³/mol. The Balaban J connectivity index is 1.62. The summed E-state index contributed by atoms with van der Waals surface area (Å²) in [6.07, 6.45) is 2.65. The highest BCUT2D eigenvalue weighted by molar-refractivity contribution is 5.96. The number of benzene rings is 2. The summed E-state index contributed by atoms with van der Waals surface area (Å²) < 4.78 is 9.96. The van der Waals surface area contributed by atoms with Gasteiger partial charge in [0.1, 0.15) is 17.0 Å². The highest BCUT2D eigenvalue weighted by atomic mass is 16.6. The maximum absolute atomic E-state index is 12.7. The van der Waals surface area contributed by atoms with E-state index in [0.717, 1.165) is 5.56 Å². The average Bonchev–Trinajstić information content (AvgIpc) is 2.79. The Bertz CT molecular complexity index is 1010. The third-order valence-electron chi connectivity index (χ3n) is 5.76. The van der Waals surface area contributed by atoms with Crippen molar-refractivity contribution in [2.75, 3.05) is 24.9 Å². The topological polar surface area (TPSA) is 120 Å². The fourth-order valence-corrected chi connectivity index (χ4v) is 3.99. The maximum Gasteiger partial charge on any atom is 0.344 e. The molecule has 9 heteroatoms. The van der Waals surface area contributed by atoms with Gasteiger partial charge < -0.3 is 20.1 Å². The third kappa shape index (κ3) is 5.16. The molecular formula is C23H27N3O6. The predicted octanol–water partition coefficient (Wildman–Crippen LogP) is 4.31. The zero-order valence-electron chi connectivity index (χ0n) is 18.3. The van der Waals surface area contributed by atoms with Crippen LogP contribution in [0.15, 0.2) is 36.4 Å². The van der Waals surface area contributed by atoms with Crippen LogP contribution in [0.5, 0.6) is 5.75 Å². The van der Waals surface area contributed by atoms with Gasteiger partial charge in [-0.3, -0.25) is 14.9 Å². The van der Waals surface area contributed by atoms with Crippen LogP contribution in [-0.4, -0.2) is 37.1 Å². The number of nitro benzene ring substituents is 1. The summed E-state index contributed by atoms with van der Waals surface area (Å²) in [6.45, 7) is 1.93. The van der Waals surface area contributed by atoms with E-state index in [1.165, 1.54) is 13.2 Å². The summed E-state index contributed by atoms with van der Waals surface area (Å²) in [6, 6.07) is 10.0. The van der Waals surface area contributed by atoms with Gasteiger partial charge in [0.25, 0.3) is 0 Å². The monoisotopic (exact) mass is 441 g/mol. The van der Waals surface area contributed by atoms with E-state index >= 15 is 0 Å². The molecule has 0 spiro atoms. The molecule has 0 atom stereocenters. The molecule has 0 radical (unpaired) electrons. The first kappa shape index (κ1) is 23.1. The van der Waals surface area contributed by atoms with Crippen LogP contribution in [0.3, 0.4) is 0 Å². The van der Waals surface area contributed by atoms with Crippen molar-refractivity contribution in [2.24, 2.45) is 5.92 Å². The second-order valence-electron chi connectivity index (χ2n) is 7.82. The van der Waals surface area contributed by atoms with E-state index in [1.54, 1.807) is 25.3 Å². The van der Waals surface area contributed by atoms with Crippen LogP contribution in [0, 0.1) is 23.0 Å². The zero-order valence-corrected chi connectivity index (χ0v) is 18.3. The second kappa shape index (κ2) is 10.1. The van der Waals surface area contributed by atoms with Crippen molar-refractivity contribution < 1.29 is 24.0 Å². The molecule has 32 heavy (non-hydrogen) atoms. The van der Waals surface area contributed by atoms with Crippen LogP contribution in [-0.2, 0) is 9.53 Å². The number of para-hydroxylation sites is 1. The first-order valence-corrected chi connectivity index (χ1v) is 10.4. The third-order valence-corrected chi connectivity index (χ3v) is 5.76. The summed E-state index contributed by atoms with van der Waals surface area (Å²) in [5, 5.41) is 17.7. The number of anilines is 2. The Hall–Kier alpha value is -3.62. The highest BCUT2D eigenvalue weighted by Crippen LogP contribution is 2.33. The van der Waals surface area contributed by atoms with E-state index in [9.17, 15) is 19.7 Å². The smallest absolute Gasteiger partial charge is 0.344 e. The molecule has 0 bridgehead atoms. The largest absolute Gasteiger partial charge is 0.496 e. The lowest BCUT2D eigenvalue weighted by molar-refractivity contribution is -0.384. The Morgan fingerprint density at radius 2 is 1.81 bits per heavy atom. The van der Waals surface area contributed by atoms with Gasteiger partial charge >= 0.3 is 11.7 Å². The van der Waals surface area contributed by atoms with Gasteiger partial charge in [0, 0.05) is 23.7 Å². The Morgan fingerprint density at radius 1 is 1.09 bits per heavy atom. The average molecular weight is 441 g/mol. The minimum Gasteiger partial charge on any atom is -0.496 e. The number of ether oxygens (including phenoxy) is 2. The summed E-state index contributed by atoms with van der Waals surface area (Å²) in [7, 11) is 2.78. The van der Waals surface area contributed by atoms with Crippen molar-refractivity contribution in [3.05, 3.63) is 57.6 Å². The van der Waals surface area contributed by atoms with Crippen molar-refractivity contribution in [1.29, 1.82) is 0 Å². The van der Waals surface area contributed by atoms with Gasteiger partial charge in [-0.25, -0.2) is 4.79 Å². The molecule has 1 saturated carbocycles. The molecule has 0 saturated heterocycles. The lowest BCUT2D eigenvalue weighted by Gasteiger charge is -2.29. The van der Waals surface area contributed by atoms with Crippen molar-refractivity contribution >= 4 is 28.9 Å². The molecule has 9 nitrogen and oxygen atoms in total. The van der Waals surface area contributed by atoms with Crippen LogP contribution in [0.4, 0.5) is 17.1 Å². The summed E-state index contributed by atoms with van der Waals surface area (Å²) in [5.41, 5.74) is 1.56. The number of carbonyl (C=O) groups excluding carboxylic acids is 2. The van der Waals surface area contributed by atoms with E-state index in [1.807, 2.05) is 19.1 Å². The molecule has 1 fully saturated rings. The normalized spacial score (nSPS) is 17.8.